The van der Waals surface area contributed by atoms with Gasteiger partial charge in [-0.2, -0.15) is 5.26 Å². The van der Waals surface area contributed by atoms with Crippen LogP contribution in [-0.2, 0) is 0 Å². The lowest BCUT2D eigenvalue weighted by atomic mass is 9.84. The van der Waals surface area contributed by atoms with Crippen molar-refractivity contribution in [3.63, 3.8) is 0 Å². The van der Waals surface area contributed by atoms with Crippen molar-refractivity contribution >= 4 is 117 Å². The molecule has 0 spiro atoms. The van der Waals surface area contributed by atoms with Crippen LogP contribution in [0.15, 0.2) is 194 Å². The van der Waals surface area contributed by atoms with E-state index in [4.69, 9.17) is 0 Å². The van der Waals surface area contributed by atoms with Gasteiger partial charge in [-0.3, -0.25) is 0 Å². The van der Waals surface area contributed by atoms with Crippen LogP contribution in [0.2, 0.25) is 0 Å². The summed E-state index contributed by atoms with van der Waals surface area (Å²) in [4.78, 5) is 0. The fraction of sp³-hybridized carbons (Fsp3) is 0. The smallest absolute Gasteiger partial charge is 0.0992 e. The minimum absolute atomic E-state index is 0.663. The summed E-state index contributed by atoms with van der Waals surface area (Å²) in [6, 6.07) is 74.1. The van der Waals surface area contributed by atoms with E-state index in [1.807, 2.05) is 34.8 Å². The number of para-hydroxylation sites is 1. The van der Waals surface area contributed by atoms with E-state index in [1.165, 1.54) is 100 Å². The van der Waals surface area contributed by atoms with Gasteiger partial charge in [-0.25, -0.2) is 0 Å². The molecular formula is C59H32N2S2. The Morgan fingerprint density at radius 3 is 1.48 bits per heavy atom. The summed E-state index contributed by atoms with van der Waals surface area (Å²) in [5, 5.41) is 24.9. The van der Waals surface area contributed by atoms with E-state index in [0.29, 0.717) is 5.56 Å². The standard InChI is InChI=1S/C59H32N2S2/c60-33-34-26-36-18-19-37-28-40(32-51-59(37)58(36)50(27-34)61(51)41-10-2-1-3-11-41)35-20-23-46-49(29-35)57(39-22-25-55-48(31-39)43-13-7-9-17-53(43)63-55)45-15-5-4-14-44(45)56(46)38-21-24-54-47(30-38)42-12-6-8-16-52(42)62-54/h1-32H. The van der Waals surface area contributed by atoms with Gasteiger partial charge < -0.3 is 4.57 Å². The molecule has 2 nitrogen and oxygen atoms in total. The number of nitrogens with zero attached hydrogens (tertiary/aromatic N) is 2. The molecule has 0 saturated carbocycles. The first kappa shape index (κ1) is 34.9. The second-order valence-electron chi connectivity index (χ2n) is 16.7. The SMILES string of the molecule is N#Cc1cc2ccc3cc(-c4ccc5c(-c6ccc7sc8ccccc8c7c6)c6ccccc6c(-c6ccc7sc8ccccc8c7c6)c5c4)cc4c3c2c(c1)n4-c1ccccc1. The van der Waals surface area contributed by atoms with Gasteiger partial charge in [0.15, 0.2) is 0 Å². The van der Waals surface area contributed by atoms with Gasteiger partial charge in [-0.1, -0.05) is 115 Å². The first-order valence-corrected chi connectivity index (χ1v) is 22.9. The number of rotatable bonds is 4. The molecule has 0 aliphatic heterocycles. The minimum atomic E-state index is 0.663. The van der Waals surface area contributed by atoms with Gasteiger partial charge in [-0.05, 0) is 145 Å². The fourth-order valence-corrected chi connectivity index (χ4v) is 12.8. The van der Waals surface area contributed by atoms with Crippen molar-refractivity contribution in [2.24, 2.45) is 0 Å². The van der Waals surface area contributed by atoms with E-state index in [9.17, 15) is 5.26 Å². The van der Waals surface area contributed by atoms with Gasteiger partial charge in [0.2, 0.25) is 0 Å². The third-order valence-electron chi connectivity index (χ3n) is 13.3. The maximum Gasteiger partial charge on any atom is 0.0992 e. The van der Waals surface area contributed by atoms with E-state index in [0.717, 1.165) is 33.2 Å². The molecule has 0 radical (unpaired) electrons. The van der Waals surface area contributed by atoms with Crippen molar-refractivity contribution in [1.82, 2.24) is 4.57 Å². The fourth-order valence-electron chi connectivity index (χ4n) is 10.6. The summed E-state index contributed by atoms with van der Waals surface area (Å²) < 4.78 is 7.58. The third kappa shape index (κ3) is 5.04. The molecule has 0 bridgehead atoms. The van der Waals surface area contributed by atoms with Crippen LogP contribution in [0.4, 0.5) is 0 Å². The summed E-state index contributed by atoms with van der Waals surface area (Å²) in [5.41, 5.74) is 11.2. The number of hydrogen-bond acceptors (Lipinski definition) is 3. The number of nitriles is 1. The summed E-state index contributed by atoms with van der Waals surface area (Å²) in [6.07, 6.45) is 0. The van der Waals surface area contributed by atoms with Crippen molar-refractivity contribution in [3.05, 3.63) is 200 Å². The predicted octanol–water partition coefficient (Wildman–Crippen LogP) is 17.3. The van der Waals surface area contributed by atoms with Gasteiger partial charge >= 0.3 is 0 Å². The summed E-state index contributed by atoms with van der Waals surface area (Å²) in [5.74, 6) is 0. The molecule has 14 rings (SSSR count). The number of hydrogen-bond donors (Lipinski definition) is 0. The molecule has 0 unspecified atom stereocenters. The Balaban J connectivity index is 1.09. The van der Waals surface area contributed by atoms with Crippen LogP contribution in [-0.4, -0.2) is 4.57 Å². The van der Waals surface area contributed by atoms with E-state index in [2.05, 4.69) is 193 Å². The highest BCUT2D eigenvalue weighted by atomic mass is 32.1. The van der Waals surface area contributed by atoms with E-state index in [1.54, 1.807) is 0 Å². The Morgan fingerprint density at radius 1 is 0.349 bits per heavy atom. The molecule has 11 aromatic carbocycles. The molecule has 0 aliphatic rings. The van der Waals surface area contributed by atoms with E-state index >= 15 is 0 Å². The first-order valence-electron chi connectivity index (χ1n) is 21.3. The van der Waals surface area contributed by atoms with Gasteiger partial charge in [0, 0.05) is 56.8 Å². The quantitative estimate of drug-likeness (QED) is 0.128. The Bertz CT molecular complexity index is 4270. The number of fused-ring (bicyclic) bond motifs is 8. The molecule has 0 atom stereocenters. The Labute approximate surface area is 369 Å². The Morgan fingerprint density at radius 2 is 0.841 bits per heavy atom. The van der Waals surface area contributed by atoms with Crippen LogP contribution in [0, 0.1) is 11.3 Å². The molecule has 63 heavy (non-hydrogen) atoms. The molecule has 290 valence electrons. The highest BCUT2D eigenvalue weighted by molar-refractivity contribution is 7.26. The van der Waals surface area contributed by atoms with Crippen LogP contribution in [0.25, 0.3) is 134 Å². The summed E-state index contributed by atoms with van der Waals surface area (Å²) >= 11 is 3.73. The van der Waals surface area contributed by atoms with Crippen LogP contribution in [0.3, 0.4) is 0 Å². The maximum atomic E-state index is 10.1. The lowest BCUT2D eigenvalue weighted by molar-refractivity contribution is 1.18. The van der Waals surface area contributed by atoms with Gasteiger partial charge in [0.25, 0.3) is 0 Å². The second kappa shape index (κ2) is 13.1. The van der Waals surface area contributed by atoms with Gasteiger partial charge in [0.1, 0.15) is 0 Å². The van der Waals surface area contributed by atoms with Crippen LogP contribution >= 0.6 is 22.7 Å². The predicted molar refractivity (Wildman–Crippen MR) is 271 cm³/mol. The van der Waals surface area contributed by atoms with Gasteiger partial charge in [0.05, 0.1) is 22.7 Å². The third-order valence-corrected chi connectivity index (χ3v) is 15.6. The van der Waals surface area contributed by atoms with Crippen LogP contribution < -0.4 is 0 Å². The normalized spacial score (nSPS) is 12.1. The lowest BCUT2D eigenvalue weighted by Gasteiger charge is -2.19. The van der Waals surface area contributed by atoms with Crippen molar-refractivity contribution in [2.75, 3.05) is 0 Å². The average molecular weight is 833 g/mol. The summed E-state index contributed by atoms with van der Waals surface area (Å²) in [6.45, 7) is 0. The highest BCUT2D eigenvalue weighted by Crippen LogP contribution is 2.49. The molecule has 0 N–H and O–H groups in total. The Kier molecular flexibility index (Phi) is 7.25. The topological polar surface area (TPSA) is 28.7 Å². The molecule has 3 aromatic heterocycles. The number of thiophene rings is 2. The summed E-state index contributed by atoms with van der Waals surface area (Å²) in [7, 11) is 0. The number of benzene rings is 11. The van der Waals surface area contributed by atoms with Crippen molar-refractivity contribution in [2.45, 2.75) is 0 Å². The maximum absolute atomic E-state index is 10.1. The molecular weight excluding hydrogens is 801 g/mol. The Hall–Kier alpha value is -7.81. The minimum Gasteiger partial charge on any atom is -0.309 e. The second-order valence-corrected chi connectivity index (χ2v) is 18.9. The van der Waals surface area contributed by atoms with E-state index in [-0.39, 0.29) is 0 Å². The zero-order chi connectivity index (χ0) is 41.3. The largest absolute Gasteiger partial charge is 0.309 e. The molecule has 0 saturated heterocycles. The van der Waals surface area contributed by atoms with Crippen molar-refractivity contribution in [3.8, 4) is 45.1 Å². The van der Waals surface area contributed by atoms with Gasteiger partial charge in [-0.15, -0.1) is 22.7 Å². The monoisotopic (exact) mass is 832 g/mol. The molecule has 3 heterocycles. The van der Waals surface area contributed by atoms with Crippen molar-refractivity contribution in [1.29, 1.82) is 5.26 Å². The van der Waals surface area contributed by atoms with Crippen molar-refractivity contribution < 1.29 is 0 Å². The number of aromatic nitrogens is 1. The molecule has 4 heteroatoms. The van der Waals surface area contributed by atoms with Crippen LogP contribution in [0.1, 0.15) is 5.56 Å². The average Bonchev–Trinajstić information content (AvgIpc) is 4.01. The van der Waals surface area contributed by atoms with E-state index < -0.39 is 0 Å². The first-order chi connectivity index (χ1) is 31.2. The van der Waals surface area contributed by atoms with Crippen LogP contribution in [0.5, 0.6) is 0 Å². The highest BCUT2D eigenvalue weighted by Gasteiger charge is 2.22. The molecule has 14 aromatic rings. The zero-order valence-corrected chi connectivity index (χ0v) is 35.3. The molecule has 0 aliphatic carbocycles. The molecule has 0 amide bonds. The molecule has 0 fully saturated rings. The zero-order valence-electron chi connectivity index (χ0n) is 33.7. The lowest BCUT2D eigenvalue weighted by Crippen LogP contribution is -1.94.